The monoisotopic (exact) mass is 495 g/mol. The molecule has 0 spiro atoms. The van der Waals surface area contributed by atoms with E-state index in [9.17, 15) is 19.8 Å². The van der Waals surface area contributed by atoms with Crippen LogP contribution in [0.1, 0.15) is 44.9 Å². The van der Waals surface area contributed by atoms with Crippen LogP contribution in [0.15, 0.2) is 42.5 Å². The highest BCUT2D eigenvalue weighted by Crippen LogP contribution is 2.13. The third-order valence-electron chi connectivity index (χ3n) is 7.09. The van der Waals surface area contributed by atoms with Gasteiger partial charge in [-0.3, -0.25) is 9.80 Å². The molecule has 0 aliphatic carbocycles. The average molecular weight is 496 g/mol. The summed E-state index contributed by atoms with van der Waals surface area (Å²) in [6.07, 6.45) is 2.13. The zero-order valence-electron chi connectivity index (χ0n) is 20.9. The molecule has 194 valence electrons. The maximum Gasteiger partial charge on any atom is 0.354 e. The molecular formula is C27H37N5O4. The molecule has 2 aromatic rings. The molecule has 2 fully saturated rings. The fourth-order valence-corrected chi connectivity index (χ4v) is 5.07. The highest BCUT2D eigenvalue weighted by atomic mass is 16.4. The van der Waals surface area contributed by atoms with Crippen molar-refractivity contribution in [2.45, 2.75) is 25.9 Å². The molecule has 2 atom stereocenters. The third kappa shape index (κ3) is 7.83. The molecule has 1 aromatic heterocycles. The minimum absolute atomic E-state index is 0.0998. The Balaban J connectivity index is 1.37. The number of pyridine rings is 1. The van der Waals surface area contributed by atoms with E-state index in [-0.39, 0.29) is 5.69 Å². The summed E-state index contributed by atoms with van der Waals surface area (Å²) in [6, 6.07) is 12.5. The Hall–Kier alpha value is -2.85. The molecule has 2 unspecified atom stereocenters. The van der Waals surface area contributed by atoms with Gasteiger partial charge in [-0.05, 0) is 68.8 Å². The van der Waals surface area contributed by atoms with Gasteiger partial charge in [-0.2, -0.15) is 0 Å². The number of carboxylic acid groups (broad SMARTS) is 2. The van der Waals surface area contributed by atoms with E-state index in [1.165, 1.54) is 0 Å². The first-order chi connectivity index (χ1) is 17.5. The zero-order valence-corrected chi connectivity index (χ0v) is 20.9. The Morgan fingerprint density at radius 1 is 0.694 bits per heavy atom. The summed E-state index contributed by atoms with van der Waals surface area (Å²) in [5.74, 6) is -1.87. The van der Waals surface area contributed by atoms with Crippen molar-refractivity contribution >= 4 is 11.9 Å². The van der Waals surface area contributed by atoms with Gasteiger partial charge in [-0.25, -0.2) is 14.6 Å². The van der Waals surface area contributed by atoms with Crippen molar-refractivity contribution in [3.05, 3.63) is 65.0 Å². The quantitative estimate of drug-likeness (QED) is 0.625. The summed E-state index contributed by atoms with van der Waals surface area (Å²) < 4.78 is 0. The van der Waals surface area contributed by atoms with Crippen LogP contribution in [0, 0.1) is 0 Å². The highest BCUT2D eigenvalue weighted by Gasteiger charge is 2.19. The summed E-state index contributed by atoms with van der Waals surface area (Å²) in [5.41, 5.74) is 2.30. The lowest BCUT2D eigenvalue weighted by atomic mass is 10.1. The number of rotatable bonds is 6. The van der Waals surface area contributed by atoms with E-state index < -0.39 is 11.9 Å². The Bertz CT molecular complexity index is 951. The fourth-order valence-electron chi connectivity index (χ4n) is 5.07. The van der Waals surface area contributed by atoms with Gasteiger partial charge >= 0.3 is 11.9 Å². The van der Waals surface area contributed by atoms with Crippen LogP contribution in [0.5, 0.6) is 0 Å². The molecule has 2 aliphatic heterocycles. The first kappa shape index (κ1) is 26.2. The van der Waals surface area contributed by atoms with E-state index in [1.54, 1.807) is 24.3 Å². The van der Waals surface area contributed by atoms with Gasteiger partial charge in [0, 0.05) is 52.4 Å². The number of hydrogen-bond donors (Lipinski definition) is 2. The molecule has 2 aliphatic rings. The Morgan fingerprint density at radius 3 is 1.94 bits per heavy atom. The van der Waals surface area contributed by atoms with Crippen LogP contribution in [0.3, 0.4) is 0 Å². The first-order valence-corrected chi connectivity index (χ1v) is 12.9. The highest BCUT2D eigenvalue weighted by molar-refractivity contribution is 5.87. The molecular weight excluding hydrogens is 458 g/mol. The van der Waals surface area contributed by atoms with E-state index in [1.807, 2.05) is 18.2 Å². The van der Waals surface area contributed by atoms with E-state index >= 15 is 0 Å². The lowest BCUT2D eigenvalue weighted by Gasteiger charge is -2.35. The normalized spacial score (nSPS) is 22.7. The van der Waals surface area contributed by atoms with E-state index in [2.05, 4.69) is 24.6 Å². The second-order valence-electron chi connectivity index (χ2n) is 9.77. The minimum atomic E-state index is -0.988. The van der Waals surface area contributed by atoms with Crippen LogP contribution in [0.4, 0.5) is 0 Å². The summed E-state index contributed by atoms with van der Waals surface area (Å²) >= 11 is 0. The van der Waals surface area contributed by atoms with Gasteiger partial charge in [0.15, 0.2) is 0 Å². The predicted octanol–water partition coefficient (Wildman–Crippen LogP) is 2.19. The number of carbonyl (C=O) groups is 2. The Labute approximate surface area is 212 Å². The van der Waals surface area contributed by atoms with Crippen molar-refractivity contribution in [2.75, 3.05) is 65.4 Å². The van der Waals surface area contributed by atoms with Crippen molar-refractivity contribution in [1.82, 2.24) is 24.6 Å². The van der Waals surface area contributed by atoms with E-state index in [0.29, 0.717) is 12.1 Å². The minimum Gasteiger partial charge on any atom is -0.478 e. The second kappa shape index (κ2) is 12.9. The molecule has 2 N–H and O–H groups in total. The Kier molecular flexibility index (Phi) is 9.41. The van der Waals surface area contributed by atoms with Crippen molar-refractivity contribution in [3.8, 4) is 0 Å². The molecule has 3 heterocycles. The summed E-state index contributed by atoms with van der Waals surface area (Å²) in [7, 11) is 0. The number of nitrogens with zero attached hydrogens (tertiary/aromatic N) is 5. The molecule has 9 nitrogen and oxygen atoms in total. The molecule has 0 amide bonds. The molecule has 2 saturated heterocycles. The largest absolute Gasteiger partial charge is 0.478 e. The summed E-state index contributed by atoms with van der Waals surface area (Å²) in [6.45, 7) is 11.4. The second-order valence-corrected chi connectivity index (χ2v) is 9.77. The van der Waals surface area contributed by atoms with Gasteiger partial charge in [0.1, 0.15) is 5.69 Å². The van der Waals surface area contributed by atoms with E-state index in [0.717, 1.165) is 96.1 Å². The lowest BCUT2D eigenvalue weighted by molar-refractivity contribution is 0.0682. The molecule has 1 aromatic carbocycles. The van der Waals surface area contributed by atoms with Crippen LogP contribution in [-0.2, 0) is 13.1 Å². The Morgan fingerprint density at radius 2 is 1.31 bits per heavy atom. The van der Waals surface area contributed by atoms with Gasteiger partial charge in [-0.15, -0.1) is 0 Å². The predicted molar refractivity (Wildman–Crippen MR) is 137 cm³/mol. The average Bonchev–Trinajstić information content (AvgIpc) is 2.87. The van der Waals surface area contributed by atoms with Crippen molar-refractivity contribution in [2.24, 2.45) is 0 Å². The van der Waals surface area contributed by atoms with Crippen molar-refractivity contribution in [1.29, 1.82) is 0 Å². The van der Waals surface area contributed by atoms with E-state index in [4.69, 9.17) is 0 Å². The first-order valence-electron chi connectivity index (χ1n) is 12.9. The number of carboxylic acids is 2. The van der Waals surface area contributed by atoms with Crippen LogP contribution in [0.2, 0.25) is 0 Å². The number of hydrogen-bond acceptors (Lipinski definition) is 7. The number of aromatic carboxylic acids is 2. The lowest BCUT2D eigenvalue weighted by Crippen LogP contribution is -2.46. The van der Waals surface area contributed by atoms with Gasteiger partial charge in [0.25, 0.3) is 0 Å². The van der Waals surface area contributed by atoms with Gasteiger partial charge in [0.2, 0.25) is 0 Å². The number of benzene rings is 1. The summed E-state index contributed by atoms with van der Waals surface area (Å²) in [4.78, 5) is 36.9. The fraction of sp³-hybridized carbons (Fsp3) is 0.519. The molecule has 9 heteroatoms. The topological polar surface area (TPSA) is 100 Å². The van der Waals surface area contributed by atoms with Crippen LogP contribution in [-0.4, -0.2) is 112 Å². The van der Waals surface area contributed by atoms with Crippen LogP contribution >= 0.6 is 0 Å². The maximum atomic E-state index is 11.4. The standard InChI is InChI=1S/C27H37N5O4/c33-26(34)23-6-1-5-22(19-23)20-31-11-3-9-30-14-13-29(15-17-31)10-4-12-32(18-16-30)21-24-7-2-8-25(28-24)27(35)36/h1-2,5-8,19H,3-4,9-18,20-21H2,(H,33,34)(H,35,36). The number of aromatic nitrogens is 1. The SMILES string of the molecule is O=C(O)c1cccc(CN2CCCN3CCN(CCCN(Cc4cccc(C(=O)O)n4)CC3)CC2)c1. The van der Waals surface area contributed by atoms with Gasteiger partial charge < -0.3 is 20.0 Å². The van der Waals surface area contributed by atoms with Crippen molar-refractivity contribution < 1.29 is 19.8 Å². The van der Waals surface area contributed by atoms with Crippen LogP contribution in [0.25, 0.3) is 0 Å². The molecule has 36 heavy (non-hydrogen) atoms. The van der Waals surface area contributed by atoms with Crippen LogP contribution < -0.4 is 0 Å². The third-order valence-corrected chi connectivity index (χ3v) is 7.09. The summed E-state index contributed by atoms with van der Waals surface area (Å²) in [5, 5.41) is 18.6. The van der Waals surface area contributed by atoms with Gasteiger partial charge in [-0.1, -0.05) is 18.2 Å². The van der Waals surface area contributed by atoms with Crippen molar-refractivity contribution in [3.63, 3.8) is 0 Å². The molecule has 2 bridgehead atoms. The number of fused-ring (bicyclic) bond motifs is 3. The molecule has 0 saturated carbocycles. The molecule has 0 radical (unpaired) electrons. The zero-order chi connectivity index (χ0) is 25.3. The molecule has 4 rings (SSSR count). The smallest absolute Gasteiger partial charge is 0.354 e. The van der Waals surface area contributed by atoms with Gasteiger partial charge in [0.05, 0.1) is 11.3 Å². The maximum absolute atomic E-state index is 11.4.